The monoisotopic (exact) mass is 291 g/mol. The summed E-state index contributed by atoms with van der Waals surface area (Å²) in [5.74, 6) is 0. The van der Waals surface area contributed by atoms with Crippen LogP contribution in [-0.2, 0) is 4.43 Å². The van der Waals surface area contributed by atoms with Gasteiger partial charge in [0.15, 0.2) is 0 Å². The van der Waals surface area contributed by atoms with Gasteiger partial charge in [0.25, 0.3) is 5.69 Å². The summed E-state index contributed by atoms with van der Waals surface area (Å²) < 4.78 is 0.563. The normalized spacial score (nSPS) is 9.62. The highest BCUT2D eigenvalue weighted by Crippen LogP contribution is 2.21. The van der Waals surface area contributed by atoms with Gasteiger partial charge < -0.3 is 0 Å². The highest BCUT2D eigenvalue weighted by atomic mass is 127. The van der Waals surface area contributed by atoms with Crippen LogP contribution in [0.5, 0.6) is 0 Å². The number of halogens is 1. The molecular formula is C8H6INO3. The van der Waals surface area contributed by atoms with Crippen LogP contribution < -0.4 is 0 Å². The van der Waals surface area contributed by atoms with Crippen LogP contribution in [0, 0.1) is 10.1 Å². The second-order valence-corrected chi connectivity index (χ2v) is 3.16. The molecule has 0 unspecified atom stereocenters. The second kappa shape index (κ2) is 4.31. The predicted molar refractivity (Wildman–Crippen MR) is 56.2 cm³/mol. The minimum Gasteiger partial charge on any atom is -0.298 e. The zero-order chi connectivity index (χ0) is 9.84. The summed E-state index contributed by atoms with van der Waals surface area (Å²) in [6.07, 6.45) is 0.601. The van der Waals surface area contributed by atoms with Gasteiger partial charge in [-0.2, -0.15) is 0 Å². The highest BCUT2D eigenvalue weighted by molar-refractivity contribution is 14.1. The van der Waals surface area contributed by atoms with Gasteiger partial charge in [-0.25, -0.2) is 0 Å². The molecule has 68 valence electrons. The summed E-state index contributed by atoms with van der Waals surface area (Å²) in [7, 11) is 0. The van der Waals surface area contributed by atoms with Crippen molar-refractivity contribution in [1.29, 1.82) is 0 Å². The summed E-state index contributed by atoms with van der Waals surface area (Å²) in [6.45, 7) is 0. The Hall–Kier alpha value is -0.980. The van der Waals surface area contributed by atoms with Gasteiger partial charge in [0.05, 0.1) is 4.92 Å². The molecule has 0 aromatic heterocycles. The molecule has 0 N–H and O–H groups in total. The lowest BCUT2D eigenvalue weighted by atomic mass is 10.1. The van der Waals surface area contributed by atoms with E-state index in [0.29, 0.717) is 21.8 Å². The smallest absolute Gasteiger partial charge is 0.274 e. The Morgan fingerprint density at radius 1 is 1.54 bits per heavy atom. The van der Waals surface area contributed by atoms with E-state index in [1.807, 2.05) is 22.6 Å². The third-order valence-electron chi connectivity index (χ3n) is 1.59. The molecule has 0 saturated heterocycles. The minimum atomic E-state index is -0.471. The second-order valence-electron chi connectivity index (χ2n) is 2.40. The number of nitro groups is 1. The maximum atomic E-state index is 10.5. The first-order valence-electron chi connectivity index (χ1n) is 3.47. The molecular weight excluding hydrogens is 285 g/mol. The van der Waals surface area contributed by atoms with E-state index in [1.165, 1.54) is 6.07 Å². The van der Waals surface area contributed by atoms with E-state index in [4.69, 9.17) is 0 Å². The van der Waals surface area contributed by atoms with Crippen molar-refractivity contribution in [2.24, 2.45) is 0 Å². The van der Waals surface area contributed by atoms with Crippen LogP contribution in [0.3, 0.4) is 0 Å². The first-order chi connectivity index (χ1) is 6.19. The third-order valence-corrected chi connectivity index (χ3v) is 2.41. The number of carbonyl (C=O) groups excluding carboxylic acids is 1. The van der Waals surface area contributed by atoms with E-state index in [1.54, 1.807) is 12.1 Å². The number of alkyl halides is 1. The summed E-state index contributed by atoms with van der Waals surface area (Å²) in [4.78, 5) is 20.4. The molecule has 0 aliphatic carbocycles. The Morgan fingerprint density at radius 3 is 2.69 bits per heavy atom. The number of carbonyl (C=O) groups is 1. The van der Waals surface area contributed by atoms with Gasteiger partial charge in [-0.3, -0.25) is 14.9 Å². The fourth-order valence-corrected chi connectivity index (χ4v) is 1.58. The summed E-state index contributed by atoms with van der Waals surface area (Å²) in [5, 5.41) is 10.5. The molecule has 0 atom stereocenters. The van der Waals surface area contributed by atoms with E-state index in [2.05, 4.69) is 0 Å². The largest absolute Gasteiger partial charge is 0.298 e. The molecule has 0 bridgehead atoms. The van der Waals surface area contributed by atoms with E-state index in [-0.39, 0.29) is 5.69 Å². The van der Waals surface area contributed by atoms with Crippen LogP contribution in [0.2, 0.25) is 0 Å². The molecule has 0 spiro atoms. The topological polar surface area (TPSA) is 60.2 Å². The van der Waals surface area contributed by atoms with Crippen LogP contribution in [0.4, 0.5) is 5.69 Å². The number of nitrogens with zero attached hydrogens (tertiary/aromatic N) is 1. The third kappa shape index (κ3) is 2.24. The van der Waals surface area contributed by atoms with Gasteiger partial charge in [0.2, 0.25) is 0 Å². The van der Waals surface area contributed by atoms with Crippen molar-refractivity contribution in [2.75, 3.05) is 0 Å². The number of hydrogen-bond donors (Lipinski definition) is 0. The quantitative estimate of drug-likeness (QED) is 0.282. The van der Waals surface area contributed by atoms with Crippen molar-refractivity contribution >= 4 is 34.6 Å². The average Bonchev–Trinajstić information content (AvgIpc) is 2.16. The van der Waals surface area contributed by atoms with Crippen molar-refractivity contribution in [3.05, 3.63) is 39.4 Å². The molecule has 4 nitrogen and oxygen atoms in total. The molecule has 0 radical (unpaired) electrons. The number of nitro benzene ring substituents is 1. The van der Waals surface area contributed by atoms with Gasteiger partial charge in [-0.1, -0.05) is 34.7 Å². The minimum absolute atomic E-state index is 0.0130. The molecule has 0 aliphatic heterocycles. The fourth-order valence-electron chi connectivity index (χ4n) is 0.937. The van der Waals surface area contributed by atoms with E-state index < -0.39 is 4.92 Å². The van der Waals surface area contributed by atoms with Gasteiger partial charge >= 0.3 is 0 Å². The predicted octanol–water partition coefficient (Wildman–Crippen LogP) is 2.34. The molecule has 0 aliphatic rings. The summed E-state index contributed by atoms with van der Waals surface area (Å²) in [5.41, 5.74) is 0.982. The first-order valence-corrected chi connectivity index (χ1v) is 5.00. The van der Waals surface area contributed by atoms with E-state index in [9.17, 15) is 14.9 Å². The van der Waals surface area contributed by atoms with Gasteiger partial charge in [0, 0.05) is 21.6 Å². The van der Waals surface area contributed by atoms with Gasteiger partial charge in [0.1, 0.15) is 6.29 Å². The van der Waals surface area contributed by atoms with Gasteiger partial charge in [-0.15, -0.1) is 0 Å². The lowest BCUT2D eigenvalue weighted by Crippen LogP contribution is -1.94. The van der Waals surface area contributed by atoms with E-state index >= 15 is 0 Å². The van der Waals surface area contributed by atoms with Crippen LogP contribution in [-0.4, -0.2) is 11.2 Å². The molecule has 5 heteroatoms. The Kier molecular flexibility index (Phi) is 3.35. The Morgan fingerprint density at radius 2 is 2.23 bits per heavy atom. The number of hydrogen-bond acceptors (Lipinski definition) is 3. The van der Waals surface area contributed by atoms with E-state index in [0.717, 1.165) is 0 Å². The van der Waals surface area contributed by atoms with Crippen molar-refractivity contribution in [3.63, 3.8) is 0 Å². The summed E-state index contributed by atoms with van der Waals surface area (Å²) in [6, 6.07) is 4.48. The highest BCUT2D eigenvalue weighted by Gasteiger charge is 2.12. The number of aldehydes is 1. The van der Waals surface area contributed by atoms with Crippen molar-refractivity contribution < 1.29 is 9.72 Å². The SMILES string of the molecule is O=Cc1ccc(CI)c([N+](=O)[O-])c1. The standard InChI is InChI=1S/C8H6INO3/c9-4-7-2-1-6(5-11)3-8(7)10(12)13/h1-3,5H,4H2. The first kappa shape index (κ1) is 10.1. The van der Waals surface area contributed by atoms with Crippen LogP contribution in [0.25, 0.3) is 0 Å². The molecule has 1 aromatic rings. The van der Waals surface area contributed by atoms with Crippen LogP contribution in [0.15, 0.2) is 18.2 Å². The Bertz CT molecular complexity index is 351. The van der Waals surface area contributed by atoms with Crippen molar-refractivity contribution in [2.45, 2.75) is 4.43 Å². The maximum Gasteiger partial charge on any atom is 0.274 e. The lowest BCUT2D eigenvalue weighted by Gasteiger charge is -1.98. The van der Waals surface area contributed by atoms with Crippen LogP contribution in [0.1, 0.15) is 15.9 Å². The molecule has 0 fully saturated rings. The average molecular weight is 291 g/mol. The molecule has 1 rings (SSSR count). The van der Waals surface area contributed by atoms with Crippen LogP contribution >= 0.6 is 22.6 Å². The molecule has 13 heavy (non-hydrogen) atoms. The Labute approximate surface area is 88.2 Å². The number of rotatable bonds is 3. The molecule has 0 amide bonds. The zero-order valence-electron chi connectivity index (χ0n) is 6.57. The lowest BCUT2D eigenvalue weighted by molar-refractivity contribution is -0.385. The molecule has 1 aromatic carbocycles. The summed E-state index contributed by atoms with van der Waals surface area (Å²) >= 11 is 2.04. The van der Waals surface area contributed by atoms with Crippen molar-refractivity contribution in [3.8, 4) is 0 Å². The number of benzene rings is 1. The zero-order valence-corrected chi connectivity index (χ0v) is 8.72. The maximum absolute atomic E-state index is 10.5. The van der Waals surface area contributed by atoms with Gasteiger partial charge in [-0.05, 0) is 0 Å². The van der Waals surface area contributed by atoms with Crippen molar-refractivity contribution in [1.82, 2.24) is 0 Å². The Balaban J connectivity index is 3.25. The molecule has 0 heterocycles. The molecule has 0 saturated carbocycles. The fraction of sp³-hybridized carbons (Fsp3) is 0.125.